The third kappa shape index (κ3) is 10.5. The van der Waals surface area contributed by atoms with Gasteiger partial charge in [-0.05, 0) is 56.3 Å². The van der Waals surface area contributed by atoms with Crippen molar-refractivity contribution in [3.05, 3.63) is 78.6 Å². The highest BCUT2D eigenvalue weighted by atomic mass is 32.1. The molecule has 0 radical (unpaired) electrons. The van der Waals surface area contributed by atoms with Gasteiger partial charge in [-0.2, -0.15) is 26.3 Å². The minimum atomic E-state index is -5.41. The number of likely N-dealkylation sites (tertiary alicyclic amines) is 1. The second kappa shape index (κ2) is 18.7. The zero-order chi connectivity index (χ0) is 43.4. The zero-order valence-electron chi connectivity index (χ0n) is 32.5. The van der Waals surface area contributed by atoms with Crippen LogP contribution in [-0.2, 0) is 32.0 Å². The molecule has 1 spiro atoms. The molecule has 4 heterocycles. The smallest absolute Gasteiger partial charge is 0.449 e. The van der Waals surface area contributed by atoms with Gasteiger partial charge in [0.25, 0.3) is 5.91 Å². The number of fused-ring (bicyclic) bond motifs is 1. The number of piperidine rings is 1. The number of aromatic amines is 1. The van der Waals surface area contributed by atoms with Gasteiger partial charge in [0.15, 0.2) is 5.75 Å². The third-order valence-electron chi connectivity index (χ3n) is 10.7. The molecule has 21 heteroatoms. The molecule has 0 saturated carbocycles. The van der Waals surface area contributed by atoms with Gasteiger partial charge in [-0.1, -0.05) is 43.4 Å². The first-order chi connectivity index (χ1) is 28.4. The number of alkyl halides is 6. The average molecular weight is 890 g/mol. The average Bonchev–Trinajstić information content (AvgIpc) is 3.85. The molecular formula is C39H42F7N5O7S2. The lowest BCUT2D eigenvalue weighted by Gasteiger charge is -2.47. The number of ether oxygens (including phenoxy) is 3. The van der Waals surface area contributed by atoms with Gasteiger partial charge < -0.3 is 29.4 Å². The summed E-state index contributed by atoms with van der Waals surface area (Å²) in [6.07, 6.45) is -9.29. The van der Waals surface area contributed by atoms with E-state index in [0.717, 1.165) is 30.0 Å². The zero-order valence-corrected chi connectivity index (χ0v) is 34.1. The number of morpholine rings is 1. The second-order valence-electron chi connectivity index (χ2n) is 14.6. The summed E-state index contributed by atoms with van der Waals surface area (Å²) in [6.45, 7) is 6.51. The van der Waals surface area contributed by atoms with Crippen molar-refractivity contribution in [2.45, 2.75) is 82.5 Å². The number of carbonyl (C=O) groups excluding carboxylic acids is 3. The maximum absolute atomic E-state index is 15.8. The molecule has 2 aliphatic rings. The van der Waals surface area contributed by atoms with E-state index in [4.69, 9.17) is 9.47 Å². The Labute approximate surface area is 347 Å². The Morgan fingerprint density at radius 3 is 2.38 bits per heavy atom. The quantitative estimate of drug-likeness (QED) is 0.0586. The van der Waals surface area contributed by atoms with Crippen molar-refractivity contribution in [1.29, 1.82) is 0 Å². The summed E-state index contributed by atoms with van der Waals surface area (Å²) >= 11 is 1.91. The fraction of sp³-hybridized carbons (Fsp3) is 0.513. The molecule has 1 unspecified atom stereocenters. The van der Waals surface area contributed by atoms with Gasteiger partial charge in [-0.3, -0.25) is 14.5 Å². The van der Waals surface area contributed by atoms with Crippen molar-refractivity contribution in [3.63, 3.8) is 0 Å². The molecule has 2 aromatic heterocycles. The number of thiazole rings is 2. The number of aromatic nitrogens is 2. The highest BCUT2D eigenvalue weighted by Gasteiger charge is 2.44. The predicted octanol–water partition coefficient (Wildman–Crippen LogP) is 7.04. The van der Waals surface area contributed by atoms with E-state index in [9.17, 15) is 45.5 Å². The van der Waals surface area contributed by atoms with Crippen LogP contribution in [0.25, 0.3) is 10.2 Å². The van der Waals surface area contributed by atoms with Crippen LogP contribution in [0.1, 0.15) is 83.7 Å². The first kappa shape index (κ1) is 45.1. The molecule has 1 atom stereocenters. The second-order valence-corrected chi connectivity index (χ2v) is 16.5. The number of amides is 1. The molecule has 60 heavy (non-hydrogen) atoms. The minimum absolute atomic E-state index is 0.00691. The molecule has 2 N–H and O–H groups in total. The van der Waals surface area contributed by atoms with Gasteiger partial charge in [0.05, 0.1) is 28.5 Å². The van der Waals surface area contributed by atoms with E-state index in [2.05, 4.69) is 38.8 Å². The van der Waals surface area contributed by atoms with Gasteiger partial charge in [-0.15, -0.1) is 11.3 Å². The monoisotopic (exact) mass is 889 g/mol. The van der Waals surface area contributed by atoms with Crippen molar-refractivity contribution in [2.75, 3.05) is 45.9 Å². The molecule has 2 saturated heterocycles. The Morgan fingerprint density at radius 2 is 1.70 bits per heavy atom. The van der Waals surface area contributed by atoms with E-state index in [0.29, 0.717) is 86.2 Å². The largest absolute Gasteiger partial charge is 0.491 e. The van der Waals surface area contributed by atoms with Crippen molar-refractivity contribution in [1.82, 2.24) is 25.1 Å². The molecule has 2 aliphatic heterocycles. The number of nitrogens with zero attached hydrogens (tertiary/aromatic N) is 3. The van der Waals surface area contributed by atoms with Gasteiger partial charge in [-0.25, -0.2) is 19.0 Å². The van der Waals surface area contributed by atoms with Gasteiger partial charge in [0.1, 0.15) is 23.1 Å². The van der Waals surface area contributed by atoms with Crippen LogP contribution in [0.5, 0.6) is 5.75 Å². The van der Waals surface area contributed by atoms with E-state index in [1.807, 2.05) is 10.3 Å². The molecule has 2 aromatic carbocycles. The number of hydrogen-bond acceptors (Lipinski definition) is 12. The van der Waals surface area contributed by atoms with Crippen molar-refractivity contribution < 1.29 is 59.3 Å². The number of H-pyrrole nitrogens is 1. The number of benzene rings is 2. The van der Waals surface area contributed by atoms with Crippen LogP contribution in [0, 0.1) is 5.82 Å². The number of carbonyl (C=O) groups is 3. The van der Waals surface area contributed by atoms with E-state index >= 15 is 4.39 Å². The van der Waals surface area contributed by atoms with Crippen molar-refractivity contribution >= 4 is 50.7 Å². The summed E-state index contributed by atoms with van der Waals surface area (Å²) in [7, 11) is 0. The Kier molecular flexibility index (Phi) is 14.0. The van der Waals surface area contributed by atoms with E-state index in [1.165, 1.54) is 11.3 Å². The summed E-state index contributed by atoms with van der Waals surface area (Å²) in [5.41, 5.74) is 0.0503. The molecule has 4 aromatic rings. The fourth-order valence-corrected chi connectivity index (χ4v) is 9.37. The van der Waals surface area contributed by atoms with Crippen LogP contribution in [0.3, 0.4) is 0 Å². The Hall–Kier alpha value is -4.44. The van der Waals surface area contributed by atoms with Crippen LogP contribution in [0.4, 0.5) is 30.7 Å². The molecule has 0 aliphatic carbocycles. The molecule has 2 fully saturated rings. The highest BCUT2D eigenvalue weighted by Crippen LogP contribution is 2.36. The maximum Gasteiger partial charge on any atom is 0.491 e. The molecule has 6 rings (SSSR count). The van der Waals surface area contributed by atoms with Crippen LogP contribution < -0.4 is 14.9 Å². The Morgan fingerprint density at radius 1 is 1.00 bits per heavy atom. The summed E-state index contributed by atoms with van der Waals surface area (Å²) in [4.78, 5) is 58.9. The maximum atomic E-state index is 15.8. The summed E-state index contributed by atoms with van der Waals surface area (Å²) in [6, 6.07) is 6.72. The Bertz CT molecular complexity index is 2230. The highest BCUT2D eigenvalue weighted by molar-refractivity contribution is 7.16. The molecule has 0 bridgehead atoms. The first-order valence-electron chi connectivity index (χ1n) is 19.2. The lowest BCUT2D eigenvalue weighted by atomic mass is 9.89. The number of hydrogen-bond donors (Lipinski definition) is 2. The molecule has 1 amide bonds. The standard InChI is InChI=1S/C39H42F7N5O7S2/c1-3-22(4-2)32-48-26(20-59-32)33(52)51-16-17-56-37(21-51)11-14-50(15-12-37)19-24-7-5-6-23(29(24)40)10-13-47-18-28(58-35(54)39(44,45)46)25-8-9-27(57-34(53)38(41,42)43)30-31(25)60-36(55)49-30/h5-9,20,22,28,47H,3-4,10-19,21H2,1-2H3,(H,49,55). The van der Waals surface area contributed by atoms with Crippen LogP contribution in [0.15, 0.2) is 40.5 Å². The number of halogens is 7. The fourth-order valence-electron chi connectivity index (χ4n) is 7.39. The first-order valence-corrected chi connectivity index (χ1v) is 20.9. The van der Waals surface area contributed by atoms with Crippen LogP contribution >= 0.6 is 22.7 Å². The van der Waals surface area contributed by atoms with Gasteiger partial charge in [0, 0.05) is 55.1 Å². The van der Waals surface area contributed by atoms with E-state index in [-0.39, 0.29) is 29.1 Å². The molecule has 12 nitrogen and oxygen atoms in total. The van der Waals surface area contributed by atoms with Crippen LogP contribution in [0.2, 0.25) is 0 Å². The van der Waals surface area contributed by atoms with E-state index in [1.54, 1.807) is 18.2 Å². The van der Waals surface area contributed by atoms with Gasteiger partial charge >= 0.3 is 29.2 Å². The number of rotatable bonds is 14. The number of esters is 2. The molecular weight excluding hydrogens is 848 g/mol. The van der Waals surface area contributed by atoms with E-state index < -0.39 is 64.5 Å². The normalized spacial score (nSPS) is 16.7. The summed E-state index contributed by atoms with van der Waals surface area (Å²) in [5.74, 6) is -6.14. The lowest BCUT2D eigenvalue weighted by Crippen LogP contribution is -2.58. The van der Waals surface area contributed by atoms with Crippen molar-refractivity contribution in [3.8, 4) is 5.75 Å². The topological polar surface area (TPSA) is 143 Å². The third-order valence-corrected chi connectivity index (χ3v) is 12.6. The predicted molar refractivity (Wildman–Crippen MR) is 207 cm³/mol. The SMILES string of the molecule is CCC(CC)c1nc(C(=O)N2CCOC3(CCN(Cc4cccc(CCNCC(OC(=O)C(F)(F)F)c5ccc(OC(=O)C(F)(F)F)c6[nH]c(=O)sc56)c4F)CC3)C2)cs1. The van der Waals surface area contributed by atoms with Gasteiger partial charge in [0.2, 0.25) is 0 Å². The lowest BCUT2D eigenvalue weighted by molar-refractivity contribution is -0.205. The minimum Gasteiger partial charge on any atom is -0.449 e. The summed E-state index contributed by atoms with van der Waals surface area (Å²) in [5, 5.41) is 5.63. The summed E-state index contributed by atoms with van der Waals surface area (Å²) < 4.78 is 109. The molecule has 326 valence electrons. The number of nitrogens with one attached hydrogen (secondary N) is 2. The van der Waals surface area contributed by atoms with Crippen LogP contribution in [-0.4, -0.2) is 101 Å². The Balaban J connectivity index is 1.06. The van der Waals surface area contributed by atoms with Crippen molar-refractivity contribution in [2.24, 2.45) is 0 Å².